The van der Waals surface area contributed by atoms with Crippen LogP contribution in [0.25, 0.3) is 0 Å². The molecule has 0 bridgehead atoms. The van der Waals surface area contributed by atoms with E-state index in [2.05, 4.69) is 12.0 Å². The summed E-state index contributed by atoms with van der Waals surface area (Å²) < 4.78 is 1.77. The fourth-order valence-corrected chi connectivity index (χ4v) is 2.75. The van der Waals surface area contributed by atoms with E-state index in [0.717, 1.165) is 37.2 Å². The van der Waals surface area contributed by atoms with E-state index < -0.39 is 5.60 Å². The molecule has 0 aromatic carbocycles. The van der Waals surface area contributed by atoms with Crippen LogP contribution in [0.1, 0.15) is 51.0 Å². The molecule has 1 aromatic rings. The van der Waals surface area contributed by atoms with Crippen molar-refractivity contribution in [3.05, 3.63) is 18.0 Å². The zero-order chi connectivity index (χ0) is 11.6. The normalized spacial score (nSPS) is 31.3. The van der Waals surface area contributed by atoms with Gasteiger partial charge in [0.05, 0.1) is 11.8 Å². The highest BCUT2D eigenvalue weighted by molar-refractivity contribution is 5.15. The van der Waals surface area contributed by atoms with Gasteiger partial charge in [-0.3, -0.25) is 4.68 Å². The first kappa shape index (κ1) is 11.6. The van der Waals surface area contributed by atoms with Crippen LogP contribution in [-0.4, -0.2) is 14.9 Å². The molecule has 0 amide bonds. The van der Waals surface area contributed by atoms with Crippen molar-refractivity contribution in [3.8, 4) is 0 Å². The molecule has 1 heterocycles. The molecule has 16 heavy (non-hydrogen) atoms. The van der Waals surface area contributed by atoms with Gasteiger partial charge in [0.15, 0.2) is 0 Å². The number of aromatic nitrogens is 2. The summed E-state index contributed by atoms with van der Waals surface area (Å²) in [6.45, 7) is 2.25. The predicted molar refractivity (Wildman–Crippen MR) is 64.0 cm³/mol. The SMILES string of the molecule is CCC1CCCC(O)(c2cnn(C)c2)CC1. The van der Waals surface area contributed by atoms with Gasteiger partial charge in [-0.1, -0.05) is 19.8 Å². The molecule has 2 atom stereocenters. The van der Waals surface area contributed by atoms with Crippen molar-refractivity contribution in [1.82, 2.24) is 9.78 Å². The van der Waals surface area contributed by atoms with E-state index in [1.165, 1.54) is 12.8 Å². The van der Waals surface area contributed by atoms with Crippen molar-refractivity contribution in [2.75, 3.05) is 0 Å². The molecule has 3 nitrogen and oxygen atoms in total. The molecule has 0 aliphatic heterocycles. The van der Waals surface area contributed by atoms with E-state index in [-0.39, 0.29) is 0 Å². The summed E-state index contributed by atoms with van der Waals surface area (Å²) in [5.41, 5.74) is 0.366. The molecule has 0 spiro atoms. The quantitative estimate of drug-likeness (QED) is 0.781. The van der Waals surface area contributed by atoms with Crippen LogP contribution in [0, 0.1) is 5.92 Å². The van der Waals surface area contributed by atoms with E-state index >= 15 is 0 Å². The Morgan fingerprint density at radius 3 is 2.94 bits per heavy atom. The van der Waals surface area contributed by atoms with Gasteiger partial charge in [-0.25, -0.2) is 0 Å². The van der Waals surface area contributed by atoms with Crippen LogP contribution in [0.5, 0.6) is 0 Å². The highest BCUT2D eigenvalue weighted by Crippen LogP contribution is 2.38. The predicted octanol–water partition coefficient (Wildman–Crippen LogP) is 2.60. The maximum Gasteiger partial charge on any atom is 0.0927 e. The Balaban J connectivity index is 2.13. The number of aryl methyl sites for hydroxylation is 1. The Bertz CT molecular complexity index is 347. The average Bonchev–Trinajstić information content (AvgIpc) is 2.61. The summed E-state index contributed by atoms with van der Waals surface area (Å²) in [7, 11) is 1.90. The average molecular weight is 222 g/mol. The Morgan fingerprint density at radius 1 is 1.50 bits per heavy atom. The van der Waals surface area contributed by atoms with Gasteiger partial charge in [-0.2, -0.15) is 5.10 Å². The highest BCUT2D eigenvalue weighted by Gasteiger charge is 2.33. The fraction of sp³-hybridized carbons (Fsp3) is 0.769. The summed E-state index contributed by atoms with van der Waals surface area (Å²) in [5.74, 6) is 0.797. The minimum absolute atomic E-state index is 0.627. The lowest BCUT2D eigenvalue weighted by atomic mass is 9.88. The number of aliphatic hydroxyl groups is 1. The molecule has 2 rings (SSSR count). The zero-order valence-electron chi connectivity index (χ0n) is 10.3. The van der Waals surface area contributed by atoms with Crippen LogP contribution in [-0.2, 0) is 12.6 Å². The molecular formula is C13H22N2O. The fourth-order valence-electron chi connectivity index (χ4n) is 2.75. The molecule has 1 saturated carbocycles. The van der Waals surface area contributed by atoms with Gasteiger partial charge in [0.25, 0.3) is 0 Å². The molecule has 1 N–H and O–H groups in total. The van der Waals surface area contributed by atoms with Crippen LogP contribution < -0.4 is 0 Å². The van der Waals surface area contributed by atoms with Crippen molar-refractivity contribution in [2.45, 2.75) is 51.0 Å². The standard InChI is InChI=1S/C13H22N2O/c1-3-11-5-4-7-13(16,8-6-11)12-9-14-15(2)10-12/h9-11,16H,3-8H2,1-2H3. The van der Waals surface area contributed by atoms with Gasteiger partial charge in [-0.05, 0) is 31.6 Å². The van der Waals surface area contributed by atoms with Crippen molar-refractivity contribution in [2.24, 2.45) is 13.0 Å². The number of hydrogen-bond acceptors (Lipinski definition) is 2. The Kier molecular flexibility index (Phi) is 3.33. The third kappa shape index (κ3) is 2.29. The minimum atomic E-state index is -0.627. The van der Waals surface area contributed by atoms with Crippen LogP contribution in [0.2, 0.25) is 0 Å². The summed E-state index contributed by atoms with van der Waals surface area (Å²) in [4.78, 5) is 0. The lowest BCUT2D eigenvalue weighted by molar-refractivity contribution is 0.0195. The van der Waals surface area contributed by atoms with Crippen LogP contribution in [0.4, 0.5) is 0 Å². The van der Waals surface area contributed by atoms with E-state index in [0.29, 0.717) is 0 Å². The third-order valence-electron chi connectivity index (χ3n) is 3.99. The van der Waals surface area contributed by atoms with Crippen molar-refractivity contribution in [3.63, 3.8) is 0 Å². The van der Waals surface area contributed by atoms with Crippen molar-refractivity contribution in [1.29, 1.82) is 0 Å². The maximum atomic E-state index is 10.7. The molecule has 1 fully saturated rings. The summed E-state index contributed by atoms with van der Waals surface area (Å²) >= 11 is 0. The summed E-state index contributed by atoms with van der Waals surface area (Å²) in [5, 5.41) is 14.9. The van der Waals surface area contributed by atoms with Crippen molar-refractivity contribution < 1.29 is 5.11 Å². The maximum absolute atomic E-state index is 10.7. The van der Waals surface area contributed by atoms with Crippen molar-refractivity contribution >= 4 is 0 Å². The second kappa shape index (κ2) is 4.58. The van der Waals surface area contributed by atoms with E-state index in [9.17, 15) is 5.11 Å². The molecule has 90 valence electrons. The van der Waals surface area contributed by atoms with Crippen LogP contribution in [0.15, 0.2) is 12.4 Å². The van der Waals surface area contributed by atoms with Crippen LogP contribution >= 0.6 is 0 Å². The first-order chi connectivity index (χ1) is 7.64. The Labute approximate surface area is 97.5 Å². The molecule has 1 aromatic heterocycles. The second-order valence-electron chi connectivity index (χ2n) is 5.14. The number of rotatable bonds is 2. The van der Waals surface area contributed by atoms with Gasteiger partial charge in [0.1, 0.15) is 0 Å². The molecule has 3 heteroatoms. The number of nitrogens with zero attached hydrogens (tertiary/aromatic N) is 2. The summed E-state index contributed by atoms with van der Waals surface area (Å²) in [6.07, 6.45) is 10.3. The zero-order valence-corrected chi connectivity index (χ0v) is 10.3. The van der Waals surface area contributed by atoms with E-state index in [1.54, 1.807) is 4.68 Å². The Hall–Kier alpha value is -0.830. The molecular weight excluding hydrogens is 200 g/mol. The lowest BCUT2D eigenvalue weighted by Gasteiger charge is -2.25. The topological polar surface area (TPSA) is 38.1 Å². The van der Waals surface area contributed by atoms with E-state index in [4.69, 9.17) is 0 Å². The highest BCUT2D eigenvalue weighted by atomic mass is 16.3. The van der Waals surface area contributed by atoms with Gasteiger partial charge in [0, 0.05) is 18.8 Å². The smallest absolute Gasteiger partial charge is 0.0927 e. The second-order valence-corrected chi connectivity index (χ2v) is 5.14. The van der Waals surface area contributed by atoms with Gasteiger partial charge >= 0.3 is 0 Å². The molecule has 0 radical (unpaired) electrons. The third-order valence-corrected chi connectivity index (χ3v) is 3.99. The first-order valence-corrected chi connectivity index (χ1v) is 6.35. The first-order valence-electron chi connectivity index (χ1n) is 6.35. The van der Waals surface area contributed by atoms with Gasteiger partial charge < -0.3 is 5.11 Å². The Morgan fingerprint density at radius 2 is 2.31 bits per heavy atom. The molecule has 1 aliphatic carbocycles. The van der Waals surface area contributed by atoms with Gasteiger partial charge in [-0.15, -0.1) is 0 Å². The lowest BCUT2D eigenvalue weighted by Crippen LogP contribution is -2.24. The molecule has 2 unspecified atom stereocenters. The number of hydrogen-bond donors (Lipinski definition) is 1. The summed E-state index contributed by atoms with van der Waals surface area (Å²) in [6, 6.07) is 0. The molecule has 0 saturated heterocycles. The minimum Gasteiger partial charge on any atom is -0.385 e. The van der Waals surface area contributed by atoms with Gasteiger partial charge in [0.2, 0.25) is 0 Å². The monoisotopic (exact) mass is 222 g/mol. The van der Waals surface area contributed by atoms with E-state index in [1.807, 2.05) is 19.4 Å². The van der Waals surface area contributed by atoms with Crippen LogP contribution in [0.3, 0.4) is 0 Å². The molecule has 1 aliphatic rings. The largest absolute Gasteiger partial charge is 0.385 e.